The third kappa shape index (κ3) is 1.65. The number of carbonyl (C=O) groups excluding carboxylic acids is 1. The minimum atomic E-state index is -0.0510. The molecule has 2 rings (SSSR count). The summed E-state index contributed by atoms with van der Waals surface area (Å²) >= 11 is 0. The molecule has 0 bridgehead atoms. The molecule has 4 nitrogen and oxygen atoms in total. The van der Waals surface area contributed by atoms with Crippen LogP contribution >= 0.6 is 0 Å². The summed E-state index contributed by atoms with van der Waals surface area (Å²) in [5.41, 5.74) is 1.87. The Morgan fingerprint density at radius 2 is 2.43 bits per heavy atom. The van der Waals surface area contributed by atoms with Gasteiger partial charge in [-0.25, -0.2) is 9.97 Å². The summed E-state index contributed by atoms with van der Waals surface area (Å²) in [6, 6.07) is 0. The zero-order valence-corrected chi connectivity index (χ0v) is 8.16. The van der Waals surface area contributed by atoms with Gasteiger partial charge in [-0.1, -0.05) is 0 Å². The minimum absolute atomic E-state index is 0.0510. The van der Waals surface area contributed by atoms with Gasteiger partial charge in [-0.2, -0.15) is 0 Å². The first kappa shape index (κ1) is 9.27. The number of piperidine rings is 1. The van der Waals surface area contributed by atoms with Crippen molar-refractivity contribution in [3.05, 3.63) is 23.8 Å². The summed E-state index contributed by atoms with van der Waals surface area (Å²) in [5, 5.41) is 3.21. The van der Waals surface area contributed by atoms with Gasteiger partial charge >= 0.3 is 0 Å². The minimum Gasteiger partial charge on any atom is -0.315 e. The highest BCUT2D eigenvalue weighted by Gasteiger charge is 2.25. The van der Waals surface area contributed by atoms with Crippen LogP contribution in [0.5, 0.6) is 0 Å². The van der Waals surface area contributed by atoms with Gasteiger partial charge in [0.1, 0.15) is 12.1 Å². The van der Waals surface area contributed by atoms with Crippen LogP contribution in [0.1, 0.15) is 23.6 Å². The van der Waals surface area contributed by atoms with Gasteiger partial charge in [0.05, 0.1) is 5.92 Å². The van der Waals surface area contributed by atoms with E-state index >= 15 is 0 Å². The van der Waals surface area contributed by atoms with Crippen LogP contribution in [0.15, 0.2) is 12.5 Å². The Kier molecular flexibility index (Phi) is 2.54. The monoisotopic (exact) mass is 191 g/mol. The molecular formula is C10H13N3O. The molecule has 1 unspecified atom stereocenters. The number of nitrogens with zero attached hydrogens (tertiary/aromatic N) is 2. The zero-order valence-electron chi connectivity index (χ0n) is 8.16. The van der Waals surface area contributed by atoms with Crippen LogP contribution in [0.4, 0.5) is 0 Å². The van der Waals surface area contributed by atoms with E-state index in [9.17, 15) is 4.79 Å². The average molecular weight is 191 g/mol. The van der Waals surface area contributed by atoms with Gasteiger partial charge in [0.15, 0.2) is 0 Å². The van der Waals surface area contributed by atoms with Gasteiger partial charge in [-0.05, 0) is 6.92 Å². The highest BCUT2D eigenvalue weighted by atomic mass is 16.1. The molecule has 0 saturated carbocycles. The molecule has 0 amide bonds. The molecule has 1 aliphatic heterocycles. The summed E-state index contributed by atoms with van der Waals surface area (Å²) < 4.78 is 0. The van der Waals surface area contributed by atoms with Crippen molar-refractivity contribution >= 4 is 5.78 Å². The van der Waals surface area contributed by atoms with Crippen molar-refractivity contribution in [2.24, 2.45) is 0 Å². The van der Waals surface area contributed by atoms with Gasteiger partial charge in [0.2, 0.25) is 0 Å². The van der Waals surface area contributed by atoms with E-state index in [-0.39, 0.29) is 5.92 Å². The number of aromatic nitrogens is 2. The first-order valence-corrected chi connectivity index (χ1v) is 4.79. The molecule has 2 heterocycles. The van der Waals surface area contributed by atoms with E-state index in [0.29, 0.717) is 18.7 Å². The van der Waals surface area contributed by atoms with Gasteiger partial charge in [-0.3, -0.25) is 4.79 Å². The molecule has 1 atom stereocenters. The summed E-state index contributed by atoms with van der Waals surface area (Å²) in [4.78, 5) is 19.7. The molecule has 1 aliphatic rings. The van der Waals surface area contributed by atoms with E-state index in [1.54, 1.807) is 6.20 Å². The molecule has 1 N–H and O–H groups in total. The van der Waals surface area contributed by atoms with Gasteiger partial charge < -0.3 is 5.32 Å². The van der Waals surface area contributed by atoms with Crippen molar-refractivity contribution in [1.29, 1.82) is 0 Å². The zero-order chi connectivity index (χ0) is 9.97. The number of carbonyl (C=O) groups is 1. The maximum Gasteiger partial charge on any atom is 0.143 e. The molecule has 1 fully saturated rings. The molecular weight excluding hydrogens is 178 g/mol. The Labute approximate surface area is 82.8 Å². The number of hydrogen-bond donors (Lipinski definition) is 1. The third-order valence-corrected chi connectivity index (χ3v) is 2.61. The highest BCUT2D eigenvalue weighted by Crippen LogP contribution is 2.21. The average Bonchev–Trinajstić information content (AvgIpc) is 2.20. The topological polar surface area (TPSA) is 54.9 Å². The fourth-order valence-electron chi connectivity index (χ4n) is 1.77. The fraction of sp³-hybridized carbons (Fsp3) is 0.500. The van der Waals surface area contributed by atoms with Gasteiger partial charge in [0.25, 0.3) is 0 Å². The molecule has 14 heavy (non-hydrogen) atoms. The second-order valence-corrected chi connectivity index (χ2v) is 3.54. The van der Waals surface area contributed by atoms with Crippen LogP contribution in [-0.2, 0) is 4.79 Å². The van der Waals surface area contributed by atoms with Crippen LogP contribution in [0, 0.1) is 6.92 Å². The second-order valence-electron chi connectivity index (χ2n) is 3.54. The molecule has 0 aliphatic carbocycles. The fourth-order valence-corrected chi connectivity index (χ4v) is 1.77. The second kappa shape index (κ2) is 3.84. The molecule has 0 spiro atoms. The van der Waals surface area contributed by atoms with Gasteiger partial charge in [0, 0.05) is 37.0 Å². The lowest BCUT2D eigenvalue weighted by molar-refractivity contribution is -0.121. The first-order valence-electron chi connectivity index (χ1n) is 4.79. The highest BCUT2D eigenvalue weighted by molar-refractivity contribution is 5.87. The van der Waals surface area contributed by atoms with Crippen molar-refractivity contribution in [3.63, 3.8) is 0 Å². The SMILES string of the molecule is Cc1ncncc1C1CNCCC1=O. The number of nitrogens with one attached hydrogen (secondary N) is 1. The molecule has 4 heteroatoms. The van der Waals surface area contributed by atoms with Crippen molar-refractivity contribution in [1.82, 2.24) is 15.3 Å². The lowest BCUT2D eigenvalue weighted by Gasteiger charge is -2.22. The standard InChI is InChI=1S/C10H13N3O/c1-7-8(4-12-6-13-7)9-5-11-3-2-10(9)14/h4,6,9,11H,2-3,5H2,1H3. The Hall–Kier alpha value is -1.29. The number of aryl methyl sites for hydroxylation is 1. The van der Waals surface area contributed by atoms with Crippen molar-refractivity contribution < 1.29 is 4.79 Å². The van der Waals surface area contributed by atoms with Crippen LogP contribution in [0.25, 0.3) is 0 Å². The van der Waals surface area contributed by atoms with Crippen LogP contribution in [0.3, 0.4) is 0 Å². The summed E-state index contributed by atoms with van der Waals surface area (Å²) in [7, 11) is 0. The van der Waals surface area contributed by atoms with E-state index in [2.05, 4.69) is 15.3 Å². The number of ketones is 1. The Bertz CT molecular complexity index is 351. The normalized spacial score (nSPS) is 22.4. The maximum atomic E-state index is 11.7. The van der Waals surface area contributed by atoms with E-state index in [1.165, 1.54) is 6.33 Å². The molecule has 74 valence electrons. The predicted molar refractivity (Wildman–Crippen MR) is 52.0 cm³/mol. The molecule has 1 aromatic rings. The smallest absolute Gasteiger partial charge is 0.143 e. The largest absolute Gasteiger partial charge is 0.315 e. The summed E-state index contributed by atoms with van der Waals surface area (Å²) in [5.74, 6) is 0.242. The van der Waals surface area contributed by atoms with E-state index in [4.69, 9.17) is 0 Å². The lowest BCUT2D eigenvalue weighted by atomic mass is 9.90. The predicted octanol–water partition coefficient (Wildman–Crippen LogP) is 0.431. The molecule has 0 radical (unpaired) electrons. The Morgan fingerprint density at radius 3 is 3.14 bits per heavy atom. The number of Topliss-reactive ketones (excluding diaryl/α,β-unsaturated/α-hetero) is 1. The first-order chi connectivity index (χ1) is 6.79. The molecule has 0 aromatic carbocycles. The molecule has 1 saturated heterocycles. The summed E-state index contributed by atoms with van der Waals surface area (Å²) in [6.45, 7) is 3.42. The van der Waals surface area contributed by atoms with Crippen LogP contribution < -0.4 is 5.32 Å². The van der Waals surface area contributed by atoms with Crippen molar-refractivity contribution in [3.8, 4) is 0 Å². The van der Waals surface area contributed by atoms with E-state index in [0.717, 1.165) is 17.8 Å². The number of hydrogen-bond acceptors (Lipinski definition) is 4. The third-order valence-electron chi connectivity index (χ3n) is 2.61. The lowest BCUT2D eigenvalue weighted by Crippen LogP contribution is -2.35. The number of rotatable bonds is 1. The quantitative estimate of drug-likeness (QED) is 0.699. The maximum absolute atomic E-state index is 11.7. The van der Waals surface area contributed by atoms with Gasteiger partial charge in [-0.15, -0.1) is 0 Å². The molecule has 1 aromatic heterocycles. The van der Waals surface area contributed by atoms with E-state index in [1.807, 2.05) is 6.92 Å². The summed E-state index contributed by atoms with van der Waals surface area (Å²) in [6.07, 6.45) is 3.87. The van der Waals surface area contributed by atoms with E-state index < -0.39 is 0 Å². The Balaban J connectivity index is 2.29. The van der Waals surface area contributed by atoms with Crippen molar-refractivity contribution in [2.75, 3.05) is 13.1 Å². The Morgan fingerprint density at radius 1 is 1.57 bits per heavy atom. The van der Waals surface area contributed by atoms with Crippen molar-refractivity contribution in [2.45, 2.75) is 19.3 Å². The van der Waals surface area contributed by atoms with Crippen LogP contribution in [-0.4, -0.2) is 28.8 Å². The van der Waals surface area contributed by atoms with Crippen LogP contribution in [0.2, 0.25) is 0 Å².